The second kappa shape index (κ2) is 2.58. The van der Waals surface area contributed by atoms with Gasteiger partial charge in [-0.05, 0) is 13.8 Å². The van der Waals surface area contributed by atoms with Crippen molar-refractivity contribution < 1.29 is 9.53 Å². The highest BCUT2D eigenvalue weighted by Crippen LogP contribution is 2.10. The van der Waals surface area contributed by atoms with E-state index in [-0.39, 0.29) is 18.1 Å². The van der Waals surface area contributed by atoms with Gasteiger partial charge < -0.3 is 9.64 Å². The molecule has 0 aromatic rings. The van der Waals surface area contributed by atoms with Crippen molar-refractivity contribution in [2.75, 3.05) is 6.54 Å². The van der Waals surface area contributed by atoms with Gasteiger partial charge in [0.15, 0.2) is 0 Å². The minimum atomic E-state index is -0.318. The molecular weight excluding hydrogens is 130 g/mol. The van der Waals surface area contributed by atoms with Crippen molar-refractivity contribution in [2.45, 2.75) is 26.1 Å². The Bertz CT molecular complexity index is 133. The van der Waals surface area contributed by atoms with Crippen molar-refractivity contribution in [2.24, 2.45) is 0 Å². The lowest BCUT2D eigenvalue weighted by Crippen LogP contribution is -2.46. The number of carbonyl (C=O) groups excluding carboxylic acids is 1. The van der Waals surface area contributed by atoms with E-state index in [4.69, 9.17) is 4.74 Å². The maximum atomic E-state index is 11.0. The number of hydrogen-bond acceptors (Lipinski definition) is 2. The van der Waals surface area contributed by atoms with E-state index in [9.17, 15) is 4.79 Å². The third-order valence-corrected chi connectivity index (χ3v) is 1.57. The van der Waals surface area contributed by atoms with Gasteiger partial charge in [0.2, 0.25) is 0 Å². The van der Waals surface area contributed by atoms with Crippen molar-refractivity contribution in [1.82, 2.24) is 4.90 Å². The zero-order valence-electron chi connectivity index (χ0n) is 6.33. The van der Waals surface area contributed by atoms with Crippen LogP contribution >= 0.6 is 0 Å². The first-order valence-corrected chi connectivity index (χ1v) is 3.38. The first kappa shape index (κ1) is 7.54. The summed E-state index contributed by atoms with van der Waals surface area (Å²) >= 11 is 0. The number of nitrogens with zero attached hydrogens (tertiary/aromatic N) is 1. The highest BCUT2D eigenvalue weighted by Gasteiger charge is 2.26. The molecule has 3 heteroatoms. The third-order valence-electron chi connectivity index (χ3n) is 1.57. The summed E-state index contributed by atoms with van der Waals surface area (Å²) < 4.78 is 5.24. The van der Waals surface area contributed by atoms with Crippen molar-refractivity contribution in [3.05, 3.63) is 7.05 Å². The molecule has 0 saturated carbocycles. The van der Waals surface area contributed by atoms with Crippen molar-refractivity contribution in [1.29, 1.82) is 0 Å². The van der Waals surface area contributed by atoms with Crippen LogP contribution in [0.25, 0.3) is 0 Å². The van der Waals surface area contributed by atoms with Crippen LogP contribution in [0.5, 0.6) is 0 Å². The SMILES string of the molecule is [CH2]N1CC(C)OC(C)C1=O. The number of rotatable bonds is 0. The first-order valence-electron chi connectivity index (χ1n) is 3.38. The van der Waals surface area contributed by atoms with Crippen LogP contribution < -0.4 is 0 Å². The van der Waals surface area contributed by atoms with Crippen LogP contribution in [-0.4, -0.2) is 29.6 Å². The third kappa shape index (κ3) is 1.29. The van der Waals surface area contributed by atoms with Crippen molar-refractivity contribution in [3.63, 3.8) is 0 Å². The van der Waals surface area contributed by atoms with Crippen LogP contribution in [0, 0.1) is 7.05 Å². The number of carbonyl (C=O) groups is 1. The zero-order valence-corrected chi connectivity index (χ0v) is 6.33. The maximum Gasteiger partial charge on any atom is 0.251 e. The fraction of sp³-hybridized carbons (Fsp3) is 0.714. The van der Waals surface area contributed by atoms with Gasteiger partial charge in [-0.15, -0.1) is 0 Å². The summed E-state index contributed by atoms with van der Waals surface area (Å²) in [6.45, 7) is 4.28. The van der Waals surface area contributed by atoms with E-state index in [2.05, 4.69) is 7.05 Å². The molecule has 0 bridgehead atoms. The lowest BCUT2D eigenvalue weighted by Gasteiger charge is -2.31. The van der Waals surface area contributed by atoms with E-state index in [1.54, 1.807) is 6.92 Å². The highest BCUT2D eigenvalue weighted by atomic mass is 16.5. The van der Waals surface area contributed by atoms with E-state index in [0.717, 1.165) is 0 Å². The zero-order chi connectivity index (χ0) is 7.72. The van der Waals surface area contributed by atoms with E-state index in [1.165, 1.54) is 4.90 Å². The van der Waals surface area contributed by atoms with Crippen LogP contribution in [0.2, 0.25) is 0 Å². The van der Waals surface area contributed by atoms with Crippen LogP contribution in [-0.2, 0) is 9.53 Å². The normalized spacial score (nSPS) is 34.7. The van der Waals surface area contributed by atoms with Crippen molar-refractivity contribution >= 4 is 5.91 Å². The number of hydrogen-bond donors (Lipinski definition) is 0. The van der Waals surface area contributed by atoms with E-state index >= 15 is 0 Å². The standard InChI is InChI=1S/C7H12NO2/c1-5-4-8(3)7(9)6(2)10-5/h5-6H,3-4H2,1-2H3. The van der Waals surface area contributed by atoms with Gasteiger partial charge in [-0.1, -0.05) is 0 Å². The Balaban J connectivity index is 2.57. The van der Waals surface area contributed by atoms with Gasteiger partial charge in [-0.2, -0.15) is 0 Å². The summed E-state index contributed by atoms with van der Waals surface area (Å²) in [5.74, 6) is -0.0295. The van der Waals surface area contributed by atoms with Gasteiger partial charge >= 0.3 is 0 Å². The maximum absolute atomic E-state index is 11.0. The fourth-order valence-corrected chi connectivity index (χ4v) is 1.11. The Hall–Kier alpha value is -0.570. The Morgan fingerprint density at radius 3 is 2.80 bits per heavy atom. The lowest BCUT2D eigenvalue weighted by atomic mass is 10.2. The minimum absolute atomic E-state index is 0.0295. The molecule has 0 aromatic heterocycles. The number of amides is 1. The summed E-state index contributed by atoms with van der Waals surface area (Å²) in [7, 11) is 3.58. The molecule has 1 aliphatic rings. The average Bonchev–Trinajstić information content (AvgIpc) is 1.82. The van der Waals surface area contributed by atoms with E-state index in [0.29, 0.717) is 6.54 Å². The minimum Gasteiger partial charge on any atom is -0.364 e. The topological polar surface area (TPSA) is 29.5 Å². The molecule has 2 atom stereocenters. The van der Waals surface area contributed by atoms with Gasteiger partial charge in [0.1, 0.15) is 6.10 Å². The van der Waals surface area contributed by atoms with Gasteiger partial charge in [0.05, 0.1) is 6.10 Å². The monoisotopic (exact) mass is 142 g/mol. The molecule has 1 fully saturated rings. The Labute approximate surface area is 61.0 Å². The molecule has 0 aliphatic carbocycles. The highest BCUT2D eigenvalue weighted by molar-refractivity contribution is 5.81. The smallest absolute Gasteiger partial charge is 0.251 e. The van der Waals surface area contributed by atoms with Crippen molar-refractivity contribution in [3.8, 4) is 0 Å². The summed E-state index contributed by atoms with van der Waals surface area (Å²) in [5, 5.41) is 0. The van der Waals surface area contributed by atoms with E-state index in [1.807, 2.05) is 6.92 Å². The Morgan fingerprint density at radius 1 is 1.70 bits per heavy atom. The molecule has 1 saturated heterocycles. The molecular formula is C7H12NO2. The molecule has 2 unspecified atom stereocenters. The largest absolute Gasteiger partial charge is 0.364 e. The molecule has 57 valence electrons. The molecule has 1 rings (SSSR count). The first-order chi connectivity index (χ1) is 4.61. The van der Waals surface area contributed by atoms with Gasteiger partial charge in [-0.25, -0.2) is 0 Å². The van der Waals surface area contributed by atoms with Crippen LogP contribution in [0.4, 0.5) is 0 Å². The molecule has 1 amide bonds. The summed E-state index contributed by atoms with van der Waals surface area (Å²) in [5.41, 5.74) is 0. The summed E-state index contributed by atoms with van der Waals surface area (Å²) in [4.78, 5) is 12.5. The predicted octanol–water partition coefficient (Wildman–Crippen LogP) is 0.414. The summed E-state index contributed by atoms with van der Waals surface area (Å²) in [6.07, 6.45) is -0.202. The second-order valence-electron chi connectivity index (χ2n) is 2.65. The van der Waals surface area contributed by atoms with Gasteiger partial charge in [0, 0.05) is 13.6 Å². The molecule has 0 N–H and O–H groups in total. The molecule has 10 heavy (non-hydrogen) atoms. The fourth-order valence-electron chi connectivity index (χ4n) is 1.11. The van der Waals surface area contributed by atoms with E-state index < -0.39 is 0 Å². The Kier molecular flexibility index (Phi) is 1.94. The average molecular weight is 142 g/mol. The number of ether oxygens (including phenoxy) is 1. The quantitative estimate of drug-likeness (QED) is 0.490. The molecule has 1 aliphatic heterocycles. The van der Waals surface area contributed by atoms with Crippen LogP contribution in [0.1, 0.15) is 13.8 Å². The number of morpholine rings is 1. The molecule has 1 heterocycles. The molecule has 3 nitrogen and oxygen atoms in total. The summed E-state index contributed by atoms with van der Waals surface area (Å²) in [6, 6.07) is 0. The predicted molar refractivity (Wildman–Crippen MR) is 37.1 cm³/mol. The Morgan fingerprint density at radius 2 is 2.30 bits per heavy atom. The van der Waals surface area contributed by atoms with Crippen LogP contribution in [0.15, 0.2) is 0 Å². The lowest BCUT2D eigenvalue weighted by molar-refractivity contribution is -0.154. The van der Waals surface area contributed by atoms with Gasteiger partial charge in [-0.3, -0.25) is 4.79 Å². The van der Waals surface area contributed by atoms with Crippen LogP contribution in [0.3, 0.4) is 0 Å². The van der Waals surface area contributed by atoms with Gasteiger partial charge in [0.25, 0.3) is 5.91 Å². The molecule has 1 radical (unpaired) electrons. The molecule has 0 spiro atoms. The second-order valence-corrected chi connectivity index (χ2v) is 2.65. The molecule has 0 aromatic carbocycles.